The molecule has 0 radical (unpaired) electrons. The smallest absolute Gasteiger partial charge is 0.267 e. The number of halogens is 2. The molecule has 0 bridgehead atoms. The molecule has 0 saturated carbocycles. The molecule has 1 heterocycles. The van der Waals surface area contributed by atoms with Crippen molar-refractivity contribution in [3.8, 4) is 0 Å². The Morgan fingerprint density at radius 3 is 1.47 bits per heavy atom. The van der Waals surface area contributed by atoms with Gasteiger partial charge in [-0.3, -0.25) is 43.2 Å². The average molecular weight is 1070 g/mol. The maximum Gasteiger partial charge on any atom is 0.267 e. The third-order valence-corrected chi connectivity index (χ3v) is 14.4. The number of nitrogens with one attached hydrogen (secondary N) is 2. The van der Waals surface area contributed by atoms with Crippen LogP contribution >= 0.6 is 0 Å². The van der Waals surface area contributed by atoms with Crippen LogP contribution < -0.4 is 16.4 Å². The molecule has 21 heteroatoms. The summed E-state index contributed by atoms with van der Waals surface area (Å²) in [7, 11) is 8.08. The number of nitrogens with two attached hydrogens (primary N) is 1. The Hall–Kier alpha value is -4.95. The lowest BCUT2D eigenvalue weighted by atomic mass is 9.93. The molecule has 0 unspecified atom stereocenters. The summed E-state index contributed by atoms with van der Waals surface area (Å²) in [6.45, 7) is 25.6. The van der Waals surface area contributed by atoms with E-state index < -0.39 is 120 Å². The van der Waals surface area contributed by atoms with Crippen LogP contribution in [-0.2, 0) is 47.9 Å². The normalized spacial score (nSPS) is 18.0. The van der Waals surface area contributed by atoms with Crippen molar-refractivity contribution in [1.82, 2.24) is 40.0 Å². The number of nitrogens with zero attached hydrogens (tertiary/aromatic N) is 6. The number of amides is 9. The first-order valence-corrected chi connectivity index (χ1v) is 27.0. The number of alkyl halides is 2. The Balaban J connectivity index is 3.64. The van der Waals surface area contributed by atoms with Gasteiger partial charge in [-0.15, -0.1) is 0 Å². The van der Waals surface area contributed by atoms with E-state index in [0.29, 0.717) is 24.2 Å². The molecule has 1 rings (SSSR count). The van der Waals surface area contributed by atoms with Crippen LogP contribution in [0.15, 0.2) is 0 Å². The first-order valence-electron chi connectivity index (χ1n) is 27.0. The molecule has 1 aliphatic heterocycles. The first-order chi connectivity index (χ1) is 34.6. The highest BCUT2D eigenvalue weighted by Crippen LogP contribution is 2.29. The molecule has 9 amide bonds. The number of hydrogen-bond donors (Lipinski definition) is 3. The van der Waals surface area contributed by atoms with Gasteiger partial charge in [-0.2, -0.15) is 0 Å². The Bertz CT molecular complexity index is 1940. The van der Waals surface area contributed by atoms with E-state index in [1.165, 1.54) is 47.7 Å². The second-order valence-corrected chi connectivity index (χ2v) is 23.2. The zero-order valence-electron chi connectivity index (χ0n) is 49.1. The van der Waals surface area contributed by atoms with E-state index in [9.17, 15) is 43.2 Å². The van der Waals surface area contributed by atoms with Crippen LogP contribution in [0.2, 0.25) is 0 Å². The van der Waals surface area contributed by atoms with E-state index >= 15 is 8.78 Å². The monoisotopic (exact) mass is 1070 g/mol. The van der Waals surface area contributed by atoms with Gasteiger partial charge >= 0.3 is 0 Å². The molecule has 4 N–H and O–H groups in total. The van der Waals surface area contributed by atoms with Gasteiger partial charge in [0.1, 0.15) is 42.3 Å². The summed E-state index contributed by atoms with van der Waals surface area (Å²) >= 11 is 0. The van der Waals surface area contributed by atoms with Gasteiger partial charge in [0, 0.05) is 55.3 Å². The summed E-state index contributed by atoms with van der Waals surface area (Å²) in [6, 6.07) is -10.8. The summed E-state index contributed by atoms with van der Waals surface area (Å²) < 4.78 is 36.6. The standard InChI is InChI=1S/C54H97F2N9O10/c1-21-36(50(70)65(20)44(46(55)56)54(74)62(17)38(27-31(6)7)48(68)59-41(33(10)11)52(72)61(16)37(47(57)67)26-30(4)5)58-49(69)43(45-35(14)24-25-75-45)64(19)53(73)42(34(12)13)63(18)51(71)39(28-32(8)9)60(15)40(66)23-22-29(2)3/h29-39,41-46H,21-28H2,1-20H3,(H2,57,67)(H,58,69)(H,59,68)/t35-,36+,37+,38+,39+,41+,42+,43+,44-,45-/m1/s1. The zero-order chi connectivity index (χ0) is 58.3. The van der Waals surface area contributed by atoms with E-state index in [1.807, 2.05) is 48.5 Å². The second kappa shape index (κ2) is 30.7. The Labute approximate surface area is 447 Å². The van der Waals surface area contributed by atoms with Crippen molar-refractivity contribution < 1.29 is 56.7 Å². The maximum atomic E-state index is 15.3. The van der Waals surface area contributed by atoms with Gasteiger partial charge in [0.05, 0.1) is 6.10 Å². The molecule has 0 aromatic carbocycles. The fraction of sp³-hybridized carbons (Fsp3) is 0.833. The van der Waals surface area contributed by atoms with Gasteiger partial charge in [-0.05, 0) is 80.0 Å². The summed E-state index contributed by atoms with van der Waals surface area (Å²) in [5.74, 6) is -7.83. The predicted octanol–water partition coefficient (Wildman–Crippen LogP) is 4.39. The Morgan fingerprint density at radius 1 is 0.560 bits per heavy atom. The third kappa shape index (κ3) is 18.9. The van der Waals surface area contributed by atoms with E-state index in [-0.39, 0.29) is 67.8 Å². The van der Waals surface area contributed by atoms with E-state index in [2.05, 4.69) is 10.6 Å². The fourth-order valence-electron chi connectivity index (χ4n) is 9.63. The van der Waals surface area contributed by atoms with Gasteiger partial charge in [0.2, 0.25) is 47.3 Å². The van der Waals surface area contributed by atoms with Crippen LogP contribution in [0.3, 0.4) is 0 Å². The van der Waals surface area contributed by atoms with Crippen molar-refractivity contribution in [2.75, 3.05) is 48.9 Å². The van der Waals surface area contributed by atoms with Crippen molar-refractivity contribution >= 4 is 53.2 Å². The van der Waals surface area contributed by atoms with Gasteiger partial charge < -0.3 is 50.5 Å². The minimum absolute atomic E-state index is 0.00319. The van der Waals surface area contributed by atoms with Crippen LogP contribution in [-0.4, -0.2) is 192 Å². The summed E-state index contributed by atoms with van der Waals surface area (Å²) in [6.07, 6.45) is -2.47. The topological polar surface area (TPSA) is 232 Å². The molecule has 432 valence electrons. The highest BCUT2D eigenvalue weighted by atomic mass is 19.3. The lowest BCUT2D eigenvalue weighted by Gasteiger charge is -2.41. The van der Waals surface area contributed by atoms with Gasteiger partial charge in [0.25, 0.3) is 12.3 Å². The van der Waals surface area contributed by atoms with Gasteiger partial charge in [-0.1, -0.05) is 96.9 Å². The van der Waals surface area contributed by atoms with E-state index in [1.54, 1.807) is 48.6 Å². The number of rotatable bonds is 30. The van der Waals surface area contributed by atoms with E-state index in [0.717, 1.165) is 19.0 Å². The van der Waals surface area contributed by atoms with Crippen LogP contribution in [0.5, 0.6) is 0 Å². The molecule has 0 aromatic rings. The fourth-order valence-corrected chi connectivity index (χ4v) is 9.63. The van der Waals surface area contributed by atoms with Crippen molar-refractivity contribution in [3.63, 3.8) is 0 Å². The molecule has 19 nitrogen and oxygen atoms in total. The summed E-state index contributed by atoms with van der Waals surface area (Å²) in [5, 5.41) is 5.36. The Morgan fingerprint density at radius 2 is 1.04 bits per heavy atom. The minimum Gasteiger partial charge on any atom is -0.375 e. The molecule has 0 spiro atoms. The summed E-state index contributed by atoms with van der Waals surface area (Å²) in [5.41, 5.74) is 5.66. The first kappa shape index (κ1) is 68.1. The molecule has 1 aliphatic rings. The number of ether oxygens (including phenoxy) is 1. The molecule has 1 fully saturated rings. The van der Waals surface area contributed by atoms with Crippen molar-refractivity contribution in [2.45, 2.75) is 203 Å². The summed E-state index contributed by atoms with van der Waals surface area (Å²) in [4.78, 5) is 133. The van der Waals surface area contributed by atoms with Crippen LogP contribution in [0, 0.1) is 41.4 Å². The third-order valence-electron chi connectivity index (χ3n) is 14.4. The molecule has 1 saturated heterocycles. The molecule has 0 aromatic heterocycles. The van der Waals surface area contributed by atoms with Crippen LogP contribution in [0.25, 0.3) is 0 Å². The number of hydrogen-bond acceptors (Lipinski definition) is 10. The van der Waals surface area contributed by atoms with Crippen LogP contribution in [0.1, 0.15) is 142 Å². The lowest BCUT2D eigenvalue weighted by molar-refractivity contribution is -0.157. The van der Waals surface area contributed by atoms with E-state index in [4.69, 9.17) is 10.5 Å². The Kier molecular flexibility index (Phi) is 27.9. The second-order valence-electron chi connectivity index (χ2n) is 23.2. The van der Waals surface area contributed by atoms with Crippen molar-refractivity contribution in [1.29, 1.82) is 0 Å². The molecular formula is C54H97F2N9O10. The highest BCUT2D eigenvalue weighted by molar-refractivity contribution is 5.98. The number of likely N-dealkylation sites (N-methyl/N-ethyl adjacent to an activating group) is 6. The number of carbonyl (C=O) groups is 9. The lowest BCUT2D eigenvalue weighted by Crippen LogP contribution is -2.64. The van der Waals surface area contributed by atoms with Crippen LogP contribution in [0.4, 0.5) is 8.78 Å². The zero-order valence-corrected chi connectivity index (χ0v) is 49.1. The van der Waals surface area contributed by atoms with Crippen molar-refractivity contribution in [2.24, 2.45) is 47.2 Å². The highest BCUT2D eigenvalue weighted by Gasteiger charge is 2.47. The largest absolute Gasteiger partial charge is 0.375 e. The predicted molar refractivity (Wildman–Crippen MR) is 284 cm³/mol. The molecular weight excluding hydrogens is 973 g/mol. The maximum absolute atomic E-state index is 15.3. The quantitative estimate of drug-likeness (QED) is 0.0919. The van der Waals surface area contributed by atoms with Crippen molar-refractivity contribution in [3.05, 3.63) is 0 Å². The SMILES string of the molecule is CC[C@H](NC(=O)[C@H]([C@@H]1OCC[C@H]1C)N(C)C(=O)[C@H](C(C)C)N(C)C(=O)[C@H](CC(C)C)N(C)C(=O)CCC(C)C)C(=O)N(C)[C@@H](C(=O)N(C)[C@@H](CC(C)C)C(=O)N[C@H](C(=O)N(C)[C@@H](CC(C)C)C(N)=O)C(C)C)C(F)F. The van der Waals surface area contributed by atoms with Gasteiger partial charge in [0.15, 0.2) is 6.04 Å². The minimum atomic E-state index is -3.47. The molecule has 10 atom stereocenters. The molecule has 75 heavy (non-hydrogen) atoms. The number of carbonyl (C=O) groups excluding carboxylic acids is 9. The average Bonchev–Trinajstić information content (AvgIpc) is 3.73. The molecule has 0 aliphatic carbocycles. The van der Waals surface area contributed by atoms with Gasteiger partial charge in [-0.25, -0.2) is 8.78 Å². The number of primary amides is 1.